The summed E-state index contributed by atoms with van der Waals surface area (Å²) in [6, 6.07) is 14.0. The smallest absolute Gasteiger partial charge is 0.262 e. The molecule has 0 atom stereocenters. The molecule has 0 aliphatic rings. The topological polar surface area (TPSA) is 84.5 Å². The third-order valence-electron chi connectivity index (χ3n) is 3.83. The van der Waals surface area contributed by atoms with Crippen molar-refractivity contribution in [3.8, 4) is 5.75 Å². The first-order valence-corrected chi connectivity index (χ1v) is 8.87. The van der Waals surface area contributed by atoms with Gasteiger partial charge in [0.25, 0.3) is 11.8 Å². The van der Waals surface area contributed by atoms with E-state index < -0.39 is 0 Å². The van der Waals surface area contributed by atoms with Crippen LogP contribution in [0.1, 0.15) is 36.2 Å². The van der Waals surface area contributed by atoms with Crippen molar-refractivity contribution in [2.45, 2.75) is 26.7 Å². The van der Waals surface area contributed by atoms with Crippen LogP contribution in [0.2, 0.25) is 0 Å². The third kappa shape index (κ3) is 6.93. The van der Waals surface area contributed by atoms with Gasteiger partial charge in [0.15, 0.2) is 6.61 Å². The van der Waals surface area contributed by atoms with E-state index in [0.29, 0.717) is 36.4 Å². The number of hydrogen-bond acceptors (Lipinski definition) is 4. The molecule has 0 bridgehead atoms. The summed E-state index contributed by atoms with van der Waals surface area (Å²) in [6.07, 6.45) is 1.21. The number of nitrogens with one attached hydrogen (secondary N) is 2. The highest BCUT2D eigenvalue weighted by molar-refractivity contribution is 5.96. The van der Waals surface area contributed by atoms with Crippen molar-refractivity contribution in [2.24, 2.45) is 0 Å². The predicted octanol–water partition coefficient (Wildman–Crippen LogP) is 2.98. The molecule has 142 valence electrons. The molecule has 0 fully saturated rings. The maximum absolute atomic E-state index is 12.0. The van der Waals surface area contributed by atoms with E-state index in [1.165, 1.54) is 0 Å². The minimum Gasteiger partial charge on any atom is -0.484 e. The van der Waals surface area contributed by atoms with Crippen LogP contribution >= 0.6 is 0 Å². The normalized spacial score (nSPS) is 10.1. The van der Waals surface area contributed by atoms with Crippen LogP contribution in [0, 0.1) is 0 Å². The quantitative estimate of drug-likeness (QED) is 0.713. The lowest BCUT2D eigenvalue weighted by Gasteiger charge is -2.09. The average molecular weight is 368 g/mol. The Hall–Kier alpha value is -3.15. The molecule has 0 radical (unpaired) electrons. The zero-order chi connectivity index (χ0) is 19.6. The molecule has 6 heteroatoms. The molecular weight excluding hydrogens is 344 g/mol. The van der Waals surface area contributed by atoms with E-state index in [1.807, 2.05) is 19.1 Å². The molecule has 0 aliphatic heterocycles. The molecule has 0 aliphatic carbocycles. The summed E-state index contributed by atoms with van der Waals surface area (Å²) in [6.45, 7) is 3.87. The van der Waals surface area contributed by atoms with Gasteiger partial charge in [-0.15, -0.1) is 0 Å². The van der Waals surface area contributed by atoms with E-state index in [1.54, 1.807) is 43.3 Å². The minimum absolute atomic E-state index is 0.120. The maximum Gasteiger partial charge on any atom is 0.262 e. The molecular formula is C21H24N2O4. The Bertz CT molecular complexity index is 783. The number of ketones is 1. The Labute approximate surface area is 158 Å². The number of carbonyl (C=O) groups is 3. The molecule has 0 aromatic heterocycles. The Morgan fingerprint density at radius 1 is 0.963 bits per heavy atom. The van der Waals surface area contributed by atoms with Crippen molar-refractivity contribution in [1.82, 2.24) is 5.32 Å². The molecule has 6 nitrogen and oxygen atoms in total. The van der Waals surface area contributed by atoms with Crippen molar-refractivity contribution in [1.29, 1.82) is 0 Å². The van der Waals surface area contributed by atoms with Crippen LogP contribution in [0.5, 0.6) is 5.75 Å². The number of rotatable bonds is 9. The van der Waals surface area contributed by atoms with Gasteiger partial charge in [-0.1, -0.05) is 12.1 Å². The summed E-state index contributed by atoms with van der Waals surface area (Å²) in [5.41, 5.74) is 2.18. The van der Waals surface area contributed by atoms with Gasteiger partial charge in [0, 0.05) is 24.2 Å². The van der Waals surface area contributed by atoms with Gasteiger partial charge in [0.2, 0.25) is 0 Å². The molecule has 2 rings (SSSR count). The number of aryl methyl sites for hydroxylation is 1. The highest BCUT2D eigenvalue weighted by Gasteiger charge is 2.07. The largest absolute Gasteiger partial charge is 0.484 e. The van der Waals surface area contributed by atoms with E-state index in [-0.39, 0.29) is 24.2 Å². The first-order chi connectivity index (χ1) is 13.0. The van der Waals surface area contributed by atoms with Crippen molar-refractivity contribution in [3.63, 3.8) is 0 Å². The fourth-order valence-electron chi connectivity index (χ4n) is 2.39. The van der Waals surface area contributed by atoms with Gasteiger partial charge in [-0.25, -0.2) is 0 Å². The van der Waals surface area contributed by atoms with Crippen LogP contribution < -0.4 is 15.4 Å². The summed E-state index contributed by atoms with van der Waals surface area (Å²) in [5.74, 6) is 0.307. The van der Waals surface area contributed by atoms with Crippen molar-refractivity contribution >= 4 is 23.3 Å². The van der Waals surface area contributed by atoms with Crippen LogP contribution in [0.4, 0.5) is 5.69 Å². The van der Waals surface area contributed by atoms with E-state index in [2.05, 4.69) is 10.6 Å². The number of benzene rings is 2. The van der Waals surface area contributed by atoms with Gasteiger partial charge >= 0.3 is 0 Å². The number of amides is 2. The SMILES string of the molecule is CCNC(=O)c1ccc(NC(=O)COc2ccc(CCC(C)=O)cc2)cc1. The van der Waals surface area contributed by atoms with E-state index >= 15 is 0 Å². The fourth-order valence-corrected chi connectivity index (χ4v) is 2.39. The Morgan fingerprint density at radius 3 is 2.22 bits per heavy atom. The summed E-state index contributed by atoms with van der Waals surface area (Å²) in [4.78, 5) is 34.7. The van der Waals surface area contributed by atoms with Crippen molar-refractivity contribution in [3.05, 3.63) is 59.7 Å². The third-order valence-corrected chi connectivity index (χ3v) is 3.83. The highest BCUT2D eigenvalue weighted by atomic mass is 16.5. The molecule has 0 saturated heterocycles. The van der Waals surface area contributed by atoms with Crippen molar-refractivity contribution in [2.75, 3.05) is 18.5 Å². The van der Waals surface area contributed by atoms with Gasteiger partial charge in [-0.3, -0.25) is 9.59 Å². The molecule has 0 spiro atoms. The summed E-state index contributed by atoms with van der Waals surface area (Å²) in [7, 11) is 0. The minimum atomic E-state index is -0.290. The molecule has 2 N–H and O–H groups in total. The van der Waals surface area contributed by atoms with Crippen molar-refractivity contribution < 1.29 is 19.1 Å². The lowest BCUT2D eigenvalue weighted by Crippen LogP contribution is -2.23. The fraction of sp³-hybridized carbons (Fsp3) is 0.286. The van der Waals surface area contributed by atoms with Gasteiger partial charge in [-0.2, -0.15) is 0 Å². The molecule has 2 aromatic carbocycles. The molecule has 0 heterocycles. The molecule has 0 saturated carbocycles. The number of hydrogen-bond donors (Lipinski definition) is 2. The summed E-state index contributed by atoms with van der Waals surface area (Å²) >= 11 is 0. The standard InChI is InChI=1S/C21H24N2O4/c1-3-22-21(26)17-8-10-18(11-9-17)23-20(25)14-27-19-12-6-16(7-13-19)5-4-15(2)24/h6-13H,3-5,14H2,1-2H3,(H,22,26)(H,23,25). The monoisotopic (exact) mass is 368 g/mol. The lowest BCUT2D eigenvalue weighted by molar-refractivity contribution is -0.118. The predicted molar refractivity (Wildman–Crippen MR) is 104 cm³/mol. The number of Topliss-reactive ketones (excluding diaryl/α,β-unsaturated/α-hetero) is 1. The zero-order valence-electron chi connectivity index (χ0n) is 15.6. The maximum atomic E-state index is 12.0. The molecule has 2 aromatic rings. The van der Waals surface area contributed by atoms with E-state index in [9.17, 15) is 14.4 Å². The second-order valence-corrected chi connectivity index (χ2v) is 6.12. The second-order valence-electron chi connectivity index (χ2n) is 6.12. The summed E-state index contributed by atoms with van der Waals surface area (Å²) in [5, 5.41) is 5.44. The Morgan fingerprint density at radius 2 is 1.63 bits per heavy atom. The molecule has 27 heavy (non-hydrogen) atoms. The van der Waals surface area contributed by atoms with E-state index in [0.717, 1.165) is 5.56 Å². The highest BCUT2D eigenvalue weighted by Crippen LogP contribution is 2.14. The van der Waals surface area contributed by atoms with Crippen LogP contribution in [0.15, 0.2) is 48.5 Å². The van der Waals surface area contributed by atoms with Gasteiger partial charge in [-0.05, 0) is 62.2 Å². The first-order valence-electron chi connectivity index (χ1n) is 8.87. The van der Waals surface area contributed by atoms with Gasteiger partial charge in [0.05, 0.1) is 0 Å². The van der Waals surface area contributed by atoms with Crippen LogP contribution in [0.25, 0.3) is 0 Å². The Kier molecular flexibility index (Phi) is 7.55. The zero-order valence-corrected chi connectivity index (χ0v) is 15.6. The average Bonchev–Trinajstić information content (AvgIpc) is 2.66. The van der Waals surface area contributed by atoms with Gasteiger partial charge < -0.3 is 20.2 Å². The second kappa shape index (κ2) is 10.1. The molecule has 0 unspecified atom stereocenters. The van der Waals surface area contributed by atoms with Crippen LogP contribution in [0.3, 0.4) is 0 Å². The van der Waals surface area contributed by atoms with Crippen LogP contribution in [-0.2, 0) is 16.0 Å². The van der Waals surface area contributed by atoms with Crippen LogP contribution in [-0.4, -0.2) is 30.7 Å². The number of anilines is 1. The Balaban J connectivity index is 1.80. The lowest BCUT2D eigenvalue weighted by atomic mass is 10.1. The molecule has 2 amide bonds. The van der Waals surface area contributed by atoms with Gasteiger partial charge in [0.1, 0.15) is 11.5 Å². The summed E-state index contributed by atoms with van der Waals surface area (Å²) < 4.78 is 5.47. The van der Waals surface area contributed by atoms with E-state index in [4.69, 9.17) is 4.74 Å². The first kappa shape index (κ1) is 20.2. The number of ether oxygens (including phenoxy) is 1. The number of carbonyl (C=O) groups excluding carboxylic acids is 3.